The fraction of sp³-hybridized carbons (Fsp3) is 0.214. The lowest BCUT2D eigenvalue weighted by molar-refractivity contribution is 0.782. The number of pyridine rings is 2. The Balaban J connectivity index is 2.22. The molecule has 0 fully saturated rings. The first-order valence-corrected chi connectivity index (χ1v) is 5.87. The Morgan fingerprint density at radius 2 is 1.83 bits per heavy atom. The Labute approximate surface area is 105 Å². The Hall–Kier alpha value is -2.23. The maximum atomic E-state index is 4.47. The van der Waals surface area contributed by atoms with Crippen LogP contribution in [0.3, 0.4) is 0 Å². The van der Waals surface area contributed by atoms with Crippen LogP contribution in [0.4, 0.5) is 0 Å². The molecule has 0 aromatic carbocycles. The first-order valence-electron chi connectivity index (χ1n) is 5.87. The van der Waals surface area contributed by atoms with Crippen LogP contribution in [0.15, 0.2) is 30.6 Å². The van der Waals surface area contributed by atoms with Crippen molar-refractivity contribution in [3.63, 3.8) is 0 Å². The molecule has 0 radical (unpaired) electrons. The molecule has 90 valence electrons. The summed E-state index contributed by atoms with van der Waals surface area (Å²) in [7, 11) is 1.93. The second kappa shape index (κ2) is 3.91. The highest BCUT2D eigenvalue weighted by atomic mass is 15.3. The summed E-state index contributed by atoms with van der Waals surface area (Å²) < 4.78 is 1.85. The molecule has 0 aliphatic heterocycles. The Morgan fingerprint density at radius 3 is 2.61 bits per heavy atom. The lowest BCUT2D eigenvalue weighted by atomic mass is 10.1. The van der Waals surface area contributed by atoms with Gasteiger partial charge >= 0.3 is 0 Å². The SMILES string of the molecule is Cc1ccnc(-c2cc3c(C)nn(C)c3cn2)c1. The van der Waals surface area contributed by atoms with Crippen LogP contribution in [0.5, 0.6) is 0 Å². The van der Waals surface area contributed by atoms with E-state index in [1.54, 1.807) is 0 Å². The van der Waals surface area contributed by atoms with Gasteiger partial charge in [0.2, 0.25) is 0 Å². The average molecular weight is 238 g/mol. The normalized spacial score (nSPS) is 11.1. The van der Waals surface area contributed by atoms with E-state index in [4.69, 9.17) is 0 Å². The molecule has 18 heavy (non-hydrogen) atoms. The van der Waals surface area contributed by atoms with Gasteiger partial charge in [0, 0.05) is 18.6 Å². The third-order valence-electron chi connectivity index (χ3n) is 3.10. The Morgan fingerprint density at radius 1 is 1.06 bits per heavy atom. The Kier molecular flexibility index (Phi) is 2.37. The predicted octanol–water partition coefficient (Wildman–Crippen LogP) is 2.65. The van der Waals surface area contributed by atoms with Crippen LogP contribution in [-0.4, -0.2) is 19.7 Å². The van der Waals surface area contributed by atoms with Gasteiger partial charge in [0.25, 0.3) is 0 Å². The second-order valence-electron chi connectivity index (χ2n) is 4.51. The van der Waals surface area contributed by atoms with Crippen molar-refractivity contribution in [2.75, 3.05) is 0 Å². The highest BCUT2D eigenvalue weighted by Crippen LogP contribution is 2.22. The molecule has 0 bridgehead atoms. The Bertz CT molecular complexity index is 728. The highest BCUT2D eigenvalue weighted by Gasteiger charge is 2.08. The van der Waals surface area contributed by atoms with Crippen molar-refractivity contribution >= 4 is 10.9 Å². The van der Waals surface area contributed by atoms with Gasteiger partial charge in [0.1, 0.15) is 0 Å². The van der Waals surface area contributed by atoms with Crippen LogP contribution in [0, 0.1) is 13.8 Å². The van der Waals surface area contributed by atoms with Crippen LogP contribution < -0.4 is 0 Å². The van der Waals surface area contributed by atoms with Crippen molar-refractivity contribution in [1.29, 1.82) is 0 Å². The number of fused-ring (bicyclic) bond motifs is 1. The molecule has 0 saturated heterocycles. The summed E-state index contributed by atoms with van der Waals surface area (Å²) in [6.45, 7) is 4.06. The standard InChI is InChI=1S/C14H14N4/c1-9-4-5-15-12(6-9)13-7-11-10(2)17-18(3)14(11)8-16-13/h4-8H,1-3H3. The average Bonchev–Trinajstić information content (AvgIpc) is 2.65. The zero-order valence-electron chi connectivity index (χ0n) is 10.7. The molecule has 0 spiro atoms. The van der Waals surface area contributed by atoms with Gasteiger partial charge < -0.3 is 0 Å². The summed E-state index contributed by atoms with van der Waals surface area (Å²) >= 11 is 0. The van der Waals surface area contributed by atoms with E-state index in [-0.39, 0.29) is 0 Å². The minimum Gasteiger partial charge on any atom is -0.266 e. The summed E-state index contributed by atoms with van der Waals surface area (Å²) in [4.78, 5) is 8.83. The van der Waals surface area contributed by atoms with Gasteiger partial charge in [-0.05, 0) is 37.6 Å². The number of aryl methyl sites for hydroxylation is 3. The quantitative estimate of drug-likeness (QED) is 0.654. The van der Waals surface area contributed by atoms with Gasteiger partial charge in [-0.1, -0.05) is 0 Å². The van der Waals surface area contributed by atoms with E-state index in [0.717, 1.165) is 28.0 Å². The number of rotatable bonds is 1. The molecule has 0 saturated carbocycles. The minimum atomic E-state index is 0.891. The van der Waals surface area contributed by atoms with E-state index < -0.39 is 0 Å². The first kappa shape index (κ1) is 10.9. The molecule has 0 N–H and O–H groups in total. The number of nitrogens with zero attached hydrogens (tertiary/aromatic N) is 4. The third-order valence-corrected chi connectivity index (χ3v) is 3.10. The van der Waals surface area contributed by atoms with Crippen molar-refractivity contribution < 1.29 is 0 Å². The summed E-state index contributed by atoms with van der Waals surface area (Å²) in [6.07, 6.45) is 3.67. The van der Waals surface area contributed by atoms with Gasteiger partial charge in [0.15, 0.2) is 0 Å². The second-order valence-corrected chi connectivity index (χ2v) is 4.51. The van der Waals surface area contributed by atoms with Crippen molar-refractivity contribution in [3.05, 3.63) is 41.9 Å². The predicted molar refractivity (Wildman–Crippen MR) is 71.2 cm³/mol. The van der Waals surface area contributed by atoms with E-state index in [1.807, 2.05) is 43.2 Å². The zero-order chi connectivity index (χ0) is 12.7. The minimum absolute atomic E-state index is 0.891. The molecule has 3 aromatic rings. The maximum Gasteiger partial charge on any atom is 0.0894 e. The highest BCUT2D eigenvalue weighted by molar-refractivity contribution is 5.84. The smallest absolute Gasteiger partial charge is 0.0894 e. The molecule has 0 aliphatic carbocycles. The van der Waals surface area contributed by atoms with Gasteiger partial charge in [-0.15, -0.1) is 0 Å². The van der Waals surface area contributed by atoms with E-state index >= 15 is 0 Å². The fourth-order valence-corrected chi connectivity index (χ4v) is 2.14. The van der Waals surface area contributed by atoms with Crippen molar-refractivity contribution in [3.8, 4) is 11.4 Å². The maximum absolute atomic E-state index is 4.47. The van der Waals surface area contributed by atoms with Crippen LogP contribution in [0.1, 0.15) is 11.3 Å². The molecule has 4 nitrogen and oxygen atoms in total. The molecular formula is C14H14N4. The summed E-state index contributed by atoms with van der Waals surface area (Å²) in [5, 5.41) is 5.53. The molecule has 3 aromatic heterocycles. The molecule has 0 unspecified atom stereocenters. The zero-order valence-corrected chi connectivity index (χ0v) is 10.7. The largest absolute Gasteiger partial charge is 0.266 e. The molecule has 0 amide bonds. The van der Waals surface area contributed by atoms with E-state index in [9.17, 15) is 0 Å². The molecule has 4 heteroatoms. The van der Waals surface area contributed by atoms with Crippen LogP contribution in [-0.2, 0) is 7.05 Å². The van der Waals surface area contributed by atoms with Crippen molar-refractivity contribution in [2.24, 2.45) is 7.05 Å². The monoisotopic (exact) mass is 238 g/mol. The van der Waals surface area contributed by atoms with Gasteiger partial charge in [-0.2, -0.15) is 5.10 Å². The van der Waals surface area contributed by atoms with Crippen LogP contribution >= 0.6 is 0 Å². The number of hydrogen-bond donors (Lipinski definition) is 0. The lowest BCUT2D eigenvalue weighted by Gasteiger charge is -2.01. The van der Waals surface area contributed by atoms with Crippen molar-refractivity contribution in [1.82, 2.24) is 19.7 Å². The summed E-state index contributed by atoms with van der Waals surface area (Å²) in [5.74, 6) is 0. The van der Waals surface area contributed by atoms with Gasteiger partial charge in [-0.25, -0.2) is 0 Å². The van der Waals surface area contributed by atoms with E-state index in [0.29, 0.717) is 0 Å². The first-order chi connectivity index (χ1) is 8.65. The lowest BCUT2D eigenvalue weighted by Crippen LogP contribution is -1.91. The molecule has 0 aliphatic rings. The van der Waals surface area contributed by atoms with E-state index in [2.05, 4.69) is 28.1 Å². The van der Waals surface area contributed by atoms with Crippen LogP contribution in [0.25, 0.3) is 22.3 Å². The topological polar surface area (TPSA) is 43.6 Å². The van der Waals surface area contributed by atoms with Crippen molar-refractivity contribution in [2.45, 2.75) is 13.8 Å². The molecule has 3 heterocycles. The number of hydrogen-bond acceptors (Lipinski definition) is 3. The fourth-order valence-electron chi connectivity index (χ4n) is 2.14. The van der Waals surface area contributed by atoms with Crippen LogP contribution in [0.2, 0.25) is 0 Å². The molecule has 0 atom stereocenters. The van der Waals surface area contributed by atoms with E-state index in [1.165, 1.54) is 5.56 Å². The summed E-state index contributed by atoms with van der Waals surface area (Å²) in [6, 6.07) is 6.08. The van der Waals surface area contributed by atoms with Gasteiger partial charge in [-0.3, -0.25) is 14.6 Å². The summed E-state index contributed by atoms with van der Waals surface area (Å²) in [5.41, 5.74) is 5.04. The molecular weight excluding hydrogens is 224 g/mol. The third kappa shape index (κ3) is 1.66. The molecule has 3 rings (SSSR count). The number of aromatic nitrogens is 4. The van der Waals surface area contributed by atoms with Gasteiger partial charge in [0.05, 0.1) is 28.8 Å².